The van der Waals surface area contributed by atoms with Gasteiger partial charge in [0, 0.05) is 17.1 Å². The summed E-state index contributed by atoms with van der Waals surface area (Å²) in [5.41, 5.74) is 0. The topological polar surface area (TPSA) is 85.8 Å². The largest absolute Gasteiger partial charge is 0 e. The molecule has 1 aliphatic heterocycles. The molecule has 1 aliphatic rings. The van der Waals surface area contributed by atoms with Crippen LogP contribution >= 0.6 is 7.74 Å². The molecule has 0 aromatic carbocycles. The van der Waals surface area contributed by atoms with Gasteiger partial charge >= 0.3 is 50.6 Å². The van der Waals surface area contributed by atoms with Gasteiger partial charge in [-0.15, -0.1) is 0 Å². The minimum atomic E-state index is -4.80. The van der Waals surface area contributed by atoms with Crippen LogP contribution in [-0.4, -0.2) is 33.5 Å². The van der Waals surface area contributed by atoms with Crippen LogP contribution < -0.4 is 0 Å². The van der Waals surface area contributed by atoms with E-state index in [4.69, 9.17) is 14.7 Å². The number of hydrogen-bond acceptors (Lipinski definition) is 5. The first-order chi connectivity index (χ1) is 2.47. The van der Waals surface area contributed by atoms with Crippen molar-refractivity contribution in [1.29, 1.82) is 0 Å². The number of rotatable bonds is 0. The molecule has 47 valence electrons. The molecule has 1 fully saturated rings. The Morgan fingerprint density at radius 1 is 1.00 bits per heavy atom. The van der Waals surface area contributed by atoms with Crippen LogP contribution in [0.4, 0.5) is 0 Å². The van der Waals surface area contributed by atoms with Gasteiger partial charge < -0.3 is 0 Å². The van der Waals surface area contributed by atoms with Gasteiger partial charge in [0.1, 0.15) is 0 Å². The van der Waals surface area contributed by atoms with E-state index in [1.54, 1.807) is 0 Å². The van der Waals surface area contributed by atoms with Crippen molar-refractivity contribution in [3.63, 3.8) is 0 Å². The first-order valence-electron chi connectivity index (χ1n) is 1.13. The molecule has 0 unspecified atom stereocenters. The summed E-state index contributed by atoms with van der Waals surface area (Å²) in [6, 6.07) is 0. The molecule has 0 bridgehead atoms. The van der Waals surface area contributed by atoms with E-state index in [2.05, 4.69) is 9.35 Å². The molecule has 8 heavy (non-hydrogen) atoms. The van der Waals surface area contributed by atoms with Gasteiger partial charge in [-0.3, -0.25) is 0 Å². The molecule has 0 aromatic heterocycles. The Hall–Kier alpha value is 1.35. The van der Waals surface area contributed by atoms with Crippen molar-refractivity contribution in [3.8, 4) is 0 Å². The molecule has 1 heterocycles. The third-order valence-corrected chi connectivity index (χ3v) is 0.824. The summed E-state index contributed by atoms with van der Waals surface area (Å²) in [4.78, 5) is 23.7. The summed E-state index contributed by atoms with van der Waals surface area (Å²) < 4.78 is 6.76. The fraction of sp³-hybridized carbons (Fsp3) is 0. The minimum absolute atomic E-state index is 0. The van der Waals surface area contributed by atoms with Crippen LogP contribution in [0.5, 0.6) is 0 Å². The molecule has 1 radical (unpaired) electrons. The van der Waals surface area contributed by atoms with Gasteiger partial charge in [0.05, 0.1) is 0 Å². The van der Waals surface area contributed by atoms with Gasteiger partial charge in [-0.05, 0) is 0 Å². The quantitative estimate of drug-likeness (QED) is 0.179. The summed E-state index contributed by atoms with van der Waals surface area (Å²) in [5.74, 6) is 0. The zero-order valence-electron chi connectivity index (χ0n) is 2.98. The fourth-order valence-electron chi connectivity index (χ4n) is 0.0447. The average molecular weight is 177 g/mol. The Morgan fingerprint density at radius 3 is 1.12 bits per heavy atom. The molecule has 0 saturated carbocycles. The van der Waals surface area contributed by atoms with Crippen LogP contribution in [0.2, 0.25) is 0 Å². The maximum Gasteiger partial charge on any atom is 0 e. The second-order valence-corrected chi connectivity index (χ2v) is 2.95. The molecule has 8 heteroatoms. The van der Waals surface area contributed by atoms with Crippen LogP contribution in [0.15, 0.2) is 0 Å². The molecule has 0 atom stereocenters. The SMILES string of the molecule is OP1(O)(O)OO1.[LiH].[Mn]. The van der Waals surface area contributed by atoms with E-state index in [1.807, 2.05) is 0 Å². The molecule has 1 rings (SSSR count). The predicted molar refractivity (Wildman–Crippen MR) is 22.9 cm³/mol. The Morgan fingerprint density at radius 2 is 1.12 bits per heavy atom. The van der Waals surface area contributed by atoms with Crippen LogP contribution in [-0.2, 0) is 26.4 Å². The van der Waals surface area contributed by atoms with E-state index in [9.17, 15) is 0 Å². The molecular weight excluding hydrogens is 173 g/mol. The van der Waals surface area contributed by atoms with E-state index in [0.717, 1.165) is 0 Å². The molecule has 5 nitrogen and oxygen atoms in total. The minimum Gasteiger partial charge on any atom is 0 e. The third-order valence-electron chi connectivity index (χ3n) is 0.275. The van der Waals surface area contributed by atoms with Crippen LogP contribution in [0, 0.1) is 0 Å². The molecule has 3 N–H and O–H groups in total. The fourth-order valence-corrected chi connectivity index (χ4v) is 0.402. The second kappa shape index (κ2) is 2.53. The standard InChI is InChI=1S/Li.Mn.H3O5P.H/c;;1-6(2,3)4-5-6;/h;;1-3H;. The third kappa shape index (κ3) is 4.25. The maximum absolute atomic E-state index is 7.89. The monoisotopic (exact) mass is 177 g/mol. The Bertz CT molecular complexity index is 76.2. The average Bonchev–Trinajstić information content (AvgIpc) is 1.73. The van der Waals surface area contributed by atoms with E-state index < -0.39 is 7.74 Å². The summed E-state index contributed by atoms with van der Waals surface area (Å²) in [7, 11) is -4.80. The summed E-state index contributed by atoms with van der Waals surface area (Å²) in [6.45, 7) is 0. The van der Waals surface area contributed by atoms with Gasteiger partial charge in [0.2, 0.25) is 0 Å². The van der Waals surface area contributed by atoms with E-state index in [0.29, 0.717) is 0 Å². The zero-order chi connectivity index (χ0) is 4.86. The van der Waals surface area contributed by atoms with E-state index in [-0.39, 0.29) is 35.9 Å². The molecule has 0 amide bonds. The smallest absolute Gasteiger partial charge is 0 e. The van der Waals surface area contributed by atoms with E-state index >= 15 is 0 Å². The van der Waals surface area contributed by atoms with Crippen molar-refractivity contribution in [2.75, 3.05) is 0 Å². The maximum atomic E-state index is 7.89. The van der Waals surface area contributed by atoms with Crippen LogP contribution in [0.25, 0.3) is 0 Å². The van der Waals surface area contributed by atoms with Gasteiger partial charge in [-0.1, -0.05) is 0 Å². The van der Waals surface area contributed by atoms with Crippen molar-refractivity contribution in [2.45, 2.75) is 0 Å². The Labute approximate surface area is 67.9 Å². The molecule has 0 aliphatic carbocycles. The van der Waals surface area contributed by atoms with Crippen molar-refractivity contribution in [3.05, 3.63) is 0 Å². The number of hydrogen-bond donors (Lipinski definition) is 3. The van der Waals surface area contributed by atoms with Crippen molar-refractivity contribution < 1.29 is 41.1 Å². The van der Waals surface area contributed by atoms with Crippen molar-refractivity contribution >= 4 is 26.6 Å². The van der Waals surface area contributed by atoms with E-state index in [1.165, 1.54) is 0 Å². The normalized spacial score (nSPS) is 32.1. The zero-order valence-corrected chi connectivity index (χ0v) is 5.06. The summed E-state index contributed by atoms with van der Waals surface area (Å²) in [6.07, 6.45) is 0. The Balaban J connectivity index is 0. The molecule has 0 aromatic rings. The van der Waals surface area contributed by atoms with Gasteiger partial charge in [-0.25, -0.2) is 0 Å². The van der Waals surface area contributed by atoms with Crippen LogP contribution in [0.3, 0.4) is 0 Å². The summed E-state index contributed by atoms with van der Waals surface area (Å²) in [5, 5.41) is 0. The Kier molecular flexibility index (Phi) is 3.81. The van der Waals surface area contributed by atoms with Crippen molar-refractivity contribution in [2.24, 2.45) is 0 Å². The molecule has 1 saturated heterocycles. The first-order valence-corrected chi connectivity index (χ1v) is 3.06. The van der Waals surface area contributed by atoms with Crippen LogP contribution in [0.1, 0.15) is 0 Å². The predicted octanol–water partition coefficient (Wildman–Crippen LogP) is -1.60. The van der Waals surface area contributed by atoms with Gasteiger partial charge in [0.25, 0.3) is 0 Å². The summed E-state index contributed by atoms with van der Waals surface area (Å²) >= 11 is 0. The molecule has 0 spiro atoms. The first kappa shape index (κ1) is 12.1. The van der Waals surface area contributed by atoms with Gasteiger partial charge in [0.15, 0.2) is 0 Å². The van der Waals surface area contributed by atoms with Gasteiger partial charge in [-0.2, -0.15) is 0 Å². The van der Waals surface area contributed by atoms with Crippen molar-refractivity contribution in [1.82, 2.24) is 0 Å². The molecular formula is H4LiMnO5P. The second-order valence-electron chi connectivity index (χ2n) is 0.982.